The van der Waals surface area contributed by atoms with Gasteiger partial charge in [-0.05, 0) is 24.5 Å². The quantitative estimate of drug-likeness (QED) is 0.844. The van der Waals surface area contributed by atoms with Crippen LogP contribution in [0.15, 0.2) is 42.7 Å². The Balaban J connectivity index is 1.64. The molecule has 2 heterocycles. The molecule has 1 atom stereocenters. The molecule has 3 rings (SSSR count). The van der Waals surface area contributed by atoms with Crippen molar-refractivity contribution in [1.29, 1.82) is 0 Å². The summed E-state index contributed by atoms with van der Waals surface area (Å²) in [6.07, 6.45) is 2.80. The molecule has 1 fully saturated rings. The predicted molar refractivity (Wildman–Crippen MR) is 88.2 cm³/mol. The Labute approximate surface area is 135 Å². The van der Waals surface area contributed by atoms with Crippen LogP contribution < -0.4 is 10.2 Å². The molecule has 1 saturated heterocycles. The Morgan fingerprint density at radius 2 is 2.09 bits per heavy atom. The van der Waals surface area contributed by atoms with Crippen LogP contribution in [0.3, 0.4) is 0 Å². The molecule has 0 aliphatic carbocycles. The van der Waals surface area contributed by atoms with Gasteiger partial charge < -0.3 is 15.3 Å². The third kappa shape index (κ3) is 3.84. The number of carbonyl (C=O) groups is 1. The lowest BCUT2D eigenvalue weighted by atomic mass is 10.0. The highest BCUT2D eigenvalue weighted by atomic mass is 16.3. The molecule has 1 aliphatic heterocycles. The van der Waals surface area contributed by atoms with Gasteiger partial charge in [-0.3, -0.25) is 4.79 Å². The minimum absolute atomic E-state index is 0.0580. The lowest BCUT2D eigenvalue weighted by molar-refractivity contribution is -0.117. The zero-order chi connectivity index (χ0) is 16.1. The lowest BCUT2D eigenvalue weighted by Gasteiger charge is -2.16. The van der Waals surface area contributed by atoms with Gasteiger partial charge in [0.05, 0.1) is 6.61 Å². The van der Waals surface area contributed by atoms with Crippen molar-refractivity contribution in [2.45, 2.75) is 12.8 Å². The number of amides is 1. The topological polar surface area (TPSA) is 78.3 Å². The Morgan fingerprint density at radius 3 is 2.87 bits per heavy atom. The van der Waals surface area contributed by atoms with Crippen molar-refractivity contribution < 1.29 is 9.90 Å². The van der Waals surface area contributed by atoms with Crippen LogP contribution >= 0.6 is 0 Å². The molecule has 1 aromatic heterocycles. The van der Waals surface area contributed by atoms with Gasteiger partial charge in [0.1, 0.15) is 12.1 Å². The van der Waals surface area contributed by atoms with Crippen LogP contribution in [0.25, 0.3) is 0 Å². The minimum Gasteiger partial charge on any atom is -0.395 e. The van der Waals surface area contributed by atoms with Crippen molar-refractivity contribution in [2.24, 2.45) is 5.92 Å². The summed E-state index contributed by atoms with van der Waals surface area (Å²) in [5.41, 5.74) is 1.86. The summed E-state index contributed by atoms with van der Waals surface area (Å²) in [6, 6.07) is 11.6. The van der Waals surface area contributed by atoms with E-state index < -0.39 is 0 Å². The van der Waals surface area contributed by atoms with Gasteiger partial charge in [0.2, 0.25) is 5.91 Å². The fraction of sp³-hybridized carbons (Fsp3) is 0.353. The third-order valence-electron chi connectivity index (χ3n) is 3.91. The van der Waals surface area contributed by atoms with Crippen LogP contribution in [0.4, 0.5) is 11.5 Å². The Bertz CT molecular complexity index is 663. The second-order valence-electron chi connectivity index (χ2n) is 5.66. The fourth-order valence-electron chi connectivity index (χ4n) is 2.86. The van der Waals surface area contributed by atoms with Crippen molar-refractivity contribution in [3.8, 4) is 0 Å². The van der Waals surface area contributed by atoms with Gasteiger partial charge in [0, 0.05) is 37.0 Å². The average molecular weight is 312 g/mol. The molecule has 120 valence electrons. The van der Waals surface area contributed by atoms with Crippen LogP contribution in [-0.2, 0) is 11.2 Å². The zero-order valence-corrected chi connectivity index (χ0v) is 12.9. The van der Waals surface area contributed by atoms with Gasteiger partial charge in [-0.15, -0.1) is 0 Å². The molecular formula is C17H20N4O2. The van der Waals surface area contributed by atoms with Crippen molar-refractivity contribution in [1.82, 2.24) is 9.97 Å². The van der Waals surface area contributed by atoms with Crippen molar-refractivity contribution in [2.75, 3.05) is 29.9 Å². The number of hydrogen-bond donors (Lipinski definition) is 2. The second kappa shape index (κ2) is 7.19. The van der Waals surface area contributed by atoms with Gasteiger partial charge in [-0.1, -0.05) is 18.2 Å². The van der Waals surface area contributed by atoms with Crippen molar-refractivity contribution >= 4 is 17.4 Å². The first-order valence-corrected chi connectivity index (χ1v) is 7.77. The summed E-state index contributed by atoms with van der Waals surface area (Å²) >= 11 is 0. The van der Waals surface area contributed by atoms with E-state index in [0.717, 1.165) is 17.8 Å². The molecule has 0 bridgehead atoms. The number of nitrogens with one attached hydrogen (secondary N) is 1. The molecule has 1 amide bonds. The van der Waals surface area contributed by atoms with E-state index in [1.165, 1.54) is 6.33 Å². The Kier molecular flexibility index (Phi) is 4.83. The molecule has 2 N–H and O–H groups in total. The summed E-state index contributed by atoms with van der Waals surface area (Å²) in [6.45, 7) is 1.23. The highest BCUT2D eigenvalue weighted by molar-refractivity contribution is 5.95. The van der Waals surface area contributed by atoms with Crippen LogP contribution in [0.5, 0.6) is 0 Å². The summed E-state index contributed by atoms with van der Waals surface area (Å²) < 4.78 is 0. The third-order valence-corrected chi connectivity index (χ3v) is 3.91. The normalized spacial score (nSPS) is 17.5. The zero-order valence-electron chi connectivity index (χ0n) is 12.9. The number of para-hydroxylation sites is 1. The highest BCUT2D eigenvalue weighted by Gasteiger charge is 2.30. The summed E-state index contributed by atoms with van der Waals surface area (Å²) in [5.74, 6) is 1.12. The number of aromatic nitrogens is 2. The van der Waals surface area contributed by atoms with E-state index in [1.54, 1.807) is 0 Å². The summed E-state index contributed by atoms with van der Waals surface area (Å²) in [7, 11) is 0. The first kappa shape index (κ1) is 15.4. The molecule has 6 heteroatoms. The first-order valence-electron chi connectivity index (χ1n) is 7.77. The molecule has 0 spiro atoms. The number of rotatable bonds is 6. The van der Waals surface area contributed by atoms with Crippen LogP contribution in [0.1, 0.15) is 12.1 Å². The molecule has 1 aromatic carbocycles. The van der Waals surface area contributed by atoms with Gasteiger partial charge in [0.15, 0.2) is 0 Å². The average Bonchev–Trinajstić information content (AvgIpc) is 2.94. The monoisotopic (exact) mass is 312 g/mol. The Morgan fingerprint density at radius 1 is 1.26 bits per heavy atom. The molecule has 0 saturated carbocycles. The number of benzene rings is 1. The maximum absolute atomic E-state index is 12.2. The van der Waals surface area contributed by atoms with E-state index in [1.807, 2.05) is 41.3 Å². The molecule has 23 heavy (non-hydrogen) atoms. The standard InChI is InChI=1S/C17H20N4O2/c22-7-6-18-16-10-14(19-12-20-16)8-13-9-17(23)21(11-13)15-4-2-1-3-5-15/h1-5,10,12-13,22H,6-9,11H2,(H,18,19,20). The van der Waals surface area contributed by atoms with Crippen LogP contribution in [0.2, 0.25) is 0 Å². The number of aliphatic hydroxyl groups is 1. The maximum Gasteiger partial charge on any atom is 0.227 e. The summed E-state index contributed by atoms with van der Waals surface area (Å²) in [4.78, 5) is 22.5. The number of aliphatic hydroxyl groups excluding tert-OH is 1. The van der Waals surface area contributed by atoms with Crippen LogP contribution in [0, 0.1) is 5.92 Å². The van der Waals surface area contributed by atoms with E-state index in [2.05, 4.69) is 15.3 Å². The smallest absolute Gasteiger partial charge is 0.227 e. The Hall–Kier alpha value is -2.47. The highest BCUT2D eigenvalue weighted by Crippen LogP contribution is 2.26. The largest absolute Gasteiger partial charge is 0.395 e. The van der Waals surface area contributed by atoms with E-state index in [-0.39, 0.29) is 18.4 Å². The molecule has 0 radical (unpaired) electrons. The molecule has 1 aliphatic rings. The van der Waals surface area contributed by atoms with E-state index in [9.17, 15) is 4.79 Å². The predicted octanol–water partition coefficient (Wildman–Crippen LogP) is 1.48. The molecule has 1 unspecified atom stereocenters. The number of carbonyl (C=O) groups excluding carboxylic acids is 1. The van der Waals surface area contributed by atoms with Gasteiger partial charge in [-0.25, -0.2) is 9.97 Å². The lowest BCUT2D eigenvalue weighted by Crippen LogP contribution is -2.24. The van der Waals surface area contributed by atoms with Gasteiger partial charge >= 0.3 is 0 Å². The maximum atomic E-state index is 12.2. The fourth-order valence-corrected chi connectivity index (χ4v) is 2.86. The van der Waals surface area contributed by atoms with Crippen LogP contribution in [-0.4, -0.2) is 40.7 Å². The minimum atomic E-state index is 0.0580. The summed E-state index contributed by atoms with van der Waals surface area (Å²) in [5, 5.41) is 11.9. The SMILES string of the molecule is O=C1CC(Cc2cc(NCCO)ncn2)CN1c1ccccc1. The number of anilines is 2. The number of hydrogen-bond acceptors (Lipinski definition) is 5. The van der Waals surface area contributed by atoms with Crippen molar-refractivity contribution in [3.05, 3.63) is 48.4 Å². The van der Waals surface area contributed by atoms with Gasteiger partial charge in [0.25, 0.3) is 0 Å². The van der Waals surface area contributed by atoms with E-state index in [4.69, 9.17) is 5.11 Å². The molecule has 6 nitrogen and oxygen atoms in total. The van der Waals surface area contributed by atoms with E-state index >= 15 is 0 Å². The number of nitrogens with zero attached hydrogens (tertiary/aromatic N) is 3. The first-order chi connectivity index (χ1) is 11.3. The second-order valence-corrected chi connectivity index (χ2v) is 5.66. The van der Waals surface area contributed by atoms with Gasteiger partial charge in [-0.2, -0.15) is 0 Å². The van der Waals surface area contributed by atoms with E-state index in [0.29, 0.717) is 25.3 Å². The molecule has 2 aromatic rings. The molecular weight excluding hydrogens is 292 g/mol. The van der Waals surface area contributed by atoms with Crippen molar-refractivity contribution in [3.63, 3.8) is 0 Å².